The predicted molar refractivity (Wildman–Crippen MR) is 140 cm³/mol. The summed E-state index contributed by atoms with van der Waals surface area (Å²) in [5.41, 5.74) is -0.0531. The second kappa shape index (κ2) is 10.8. The molecule has 2 aliphatic rings. The molecule has 10 nitrogen and oxygen atoms in total. The Balaban J connectivity index is 1.50. The molecular weight excluding hydrogens is 540 g/mol. The maximum absolute atomic E-state index is 13.9. The van der Waals surface area contributed by atoms with Crippen LogP contribution in [-0.2, 0) is 47.4 Å². The number of fused-ring (bicyclic) bond motifs is 5. The SMILES string of the molecule is CCC1(OC(=O)CNC(=O)CCCC(C)=O)CC(=O)OCc2c1cc1n(c2=O)Cc2cc3cc(F)c(F)cc3nc2-1. The Morgan fingerprint density at radius 3 is 2.61 bits per heavy atom. The van der Waals surface area contributed by atoms with E-state index in [4.69, 9.17) is 9.47 Å². The predicted octanol–water partition coefficient (Wildman–Crippen LogP) is 3.17. The summed E-state index contributed by atoms with van der Waals surface area (Å²) in [7, 11) is 0. The molecule has 1 unspecified atom stereocenters. The second-order valence-corrected chi connectivity index (χ2v) is 10.3. The van der Waals surface area contributed by atoms with Gasteiger partial charge in [0.05, 0.1) is 35.4 Å². The Hall–Kier alpha value is -4.48. The van der Waals surface area contributed by atoms with Gasteiger partial charge in [-0.1, -0.05) is 6.92 Å². The van der Waals surface area contributed by atoms with E-state index >= 15 is 0 Å². The van der Waals surface area contributed by atoms with Crippen molar-refractivity contribution in [3.05, 3.63) is 62.9 Å². The number of halogens is 2. The minimum atomic E-state index is -1.57. The molecule has 214 valence electrons. The molecule has 1 atom stereocenters. The highest BCUT2D eigenvalue weighted by Crippen LogP contribution is 2.41. The molecule has 1 N–H and O–H groups in total. The number of Topliss-reactive ketones (excluding diaryl/α,β-unsaturated/α-hetero) is 1. The van der Waals surface area contributed by atoms with Crippen molar-refractivity contribution in [1.29, 1.82) is 0 Å². The second-order valence-electron chi connectivity index (χ2n) is 10.3. The van der Waals surface area contributed by atoms with Crippen molar-refractivity contribution in [2.24, 2.45) is 0 Å². The Morgan fingerprint density at radius 2 is 1.88 bits per heavy atom. The van der Waals surface area contributed by atoms with Gasteiger partial charge in [-0.3, -0.25) is 19.2 Å². The number of esters is 2. The van der Waals surface area contributed by atoms with Crippen LogP contribution in [0.3, 0.4) is 0 Å². The maximum Gasteiger partial charge on any atom is 0.326 e. The van der Waals surface area contributed by atoms with E-state index in [0.29, 0.717) is 28.8 Å². The number of ketones is 1. The zero-order chi connectivity index (χ0) is 29.5. The zero-order valence-corrected chi connectivity index (χ0v) is 22.5. The number of pyridine rings is 2. The normalized spacial score (nSPS) is 17.2. The third kappa shape index (κ3) is 5.33. The lowest BCUT2D eigenvalue weighted by molar-refractivity contribution is -0.167. The standard InChI is InChI=1S/C29H27F2N3O7/c1-3-29(41-26(38)12-32-24(36)6-4-5-15(2)35)11-25(37)40-14-18-19(29)9-23-27-17(13-34(23)28(18)39)7-16-8-20(30)21(31)10-22(16)33-27/h7-10H,3-6,11-14H2,1-2H3,(H,32,36). The van der Waals surface area contributed by atoms with Gasteiger partial charge in [0.2, 0.25) is 5.91 Å². The van der Waals surface area contributed by atoms with E-state index in [1.165, 1.54) is 11.5 Å². The van der Waals surface area contributed by atoms with Crippen LogP contribution in [0.2, 0.25) is 0 Å². The zero-order valence-electron chi connectivity index (χ0n) is 22.5. The third-order valence-electron chi connectivity index (χ3n) is 7.45. The monoisotopic (exact) mass is 567 g/mol. The van der Waals surface area contributed by atoms with Crippen molar-refractivity contribution in [1.82, 2.24) is 14.9 Å². The van der Waals surface area contributed by atoms with Crippen LogP contribution in [0.25, 0.3) is 22.3 Å². The fourth-order valence-corrected chi connectivity index (χ4v) is 5.34. The molecule has 1 aromatic carbocycles. The van der Waals surface area contributed by atoms with Gasteiger partial charge in [-0.25, -0.2) is 13.8 Å². The molecule has 41 heavy (non-hydrogen) atoms. The summed E-state index contributed by atoms with van der Waals surface area (Å²) in [5.74, 6) is -4.04. The van der Waals surface area contributed by atoms with Crippen LogP contribution in [-0.4, -0.2) is 39.7 Å². The number of carbonyl (C=O) groups excluding carboxylic acids is 4. The molecule has 5 rings (SSSR count). The minimum Gasteiger partial charge on any atom is -0.460 e. The Bertz CT molecular complexity index is 1680. The molecule has 0 aliphatic carbocycles. The molecule has 0 saturated heterocycles. The first-order valence-electron chi connectivity index (χ1n) is 13.2. The number of benzene rings is 1. The smallest absolute Gasteiger partial charge is 0.326 e. The lowest BCUT2D eigenvalue weighted by Crippen LogP contribution is -2.40. The third-order valence-corrected chi connectivity index (χ3v) is 7.45. The number of carbonyl (C=O) groups is 4. The molecule has 2 aliphatic heterocycles. The minimum absolute atomic E-state index is 0.0459. The molecule has 0 saturated carbocycles. The number of rotatable bonds is 8. The number of hydrogen-bond acceptors (Lipinski definition) is 8. The number of amides is 1. The highest BCUT2D eigenvalue weighted by atomic mass is 19.2. The molecular formula is C29H27F2N3O7. The van der Waals surface area contributed by atoms with E-state index in [9.17, 15) is 32.8 Å². The van der Waals surface area contributed by atoms with Gasteiger partial charge < -0.3 is 24.2 Å². The van der Waals surface area contributed by atoms with Crippen LogP contribution in [0.15, 0.2) is 29.1 Å². The van der Waals surface area contributed by atoms with Crippen LogP contribution in [0, 0.1) is 11.6 Å². The molecule has 1 amide bonds. The van der Waals surface area contributed by atoms with Crippen molar-refractivity contribution in [2.75, 3.05) is 6.54 Å². The fraction of sp³-hybridized carbons (Fsp3) is 0.379. The van der Waals surface area contributed by atoms with E-state index in [1.54, 1.807) is 19.1 Å². The first-order chi connectivity index (χ1) is 19.5. The first kappa shape index (κ1) is 28.1. The van der Waals surface area contributed by atoms with E-state index in [1.807, 2.05) is 0 Å². The maximum atomic E-state index is 13.9. The summed E-state index contributed by atoms with van der Waals surface area (Å²) in [6.45, 7) is 2.42. The highest BCUT2D eigenvalue weighted by molar-refractivity contribution is 5.85. The summed E-state index contributed by atoms with van der Waals surface area (Å²) < 4.78 is 40.3. The van der Waals surface area contributed by atoms with E-state index < -0.39 is 47.2 Å². The molecule has 0 radical (unpaired) electrons. The molecule has 3 aromatic rings. The van der Waals surface area contributed by atoms with E-state index in [0.717, 1.165) is 12.1 Å². The number of cyclic esters (lactones) is 1. The van der Waals surface area contributed by atoms with E-state index in [-0.39, 0.29) is 61.3 Å². The van der Waals surface area contributed by atoms with E-state index in [2.05, 4.69) is 10.3 Å². The fourth-order valence-electron chi connectivity index (χ4n) is 5.34. The van der Waals surface area contributed by atoms with Crippen LogP contribution in [0.1, 0.15) is 62.6 Å². The van der Waals surface area contributed by atoms with Crippen LogP contribution in [0.4, 0.5) is 8.78 Å². The summed E-state index contributed by atoms with van der Waals surface area (Å²) in [6.07, 6.45) is 0.394. The van der Waals surface area contributed by atoms with Crippen LogP contribution < -0.4 is 10.9 Å². The lowest BCUT2D eigenvalue weighted by Gasteiger charge is -2.32. The average molecular weight is 568 g/mol. The van der Waals surface area contributed by atoms with Gasteiger partial charge in [-0.05, 0) is 38.0 Å². The Kier molecular flexibility index (Phi) is 7.41. The van der Waals surface area contributed by atoms with Gasteiger partial charge in [0.25, 0.3) is 5.56 Å². The van der Waals surface area contributed by atoms with Crippen molar-refractivity contribution in [3.8, 4) is 11.4 Å². The molecule has 12 heteroatoms. The topological polar surface area (TPSA) is 134 Å². The summed E-state index contributed by atoms with van der Waals surface area (Å²) >= 11 is 0. The van der Waals surface area contributed by atoms with Gasteiger partial charge in [0, 0.05) is 35.4 Å². The largest absolute Gasteiger partial charge is 0.460 e. The van der Waals surface area contributed by atoms with Gasteiger partial charge in [0.1, 0.15) is 24.5 Å². The van der Waals surface area contributed by atoms with Gasteiger partial charge in [-0.15, -0.1) is 0 Å². The van der Waals surface area contributed by atoms with Gasteiger partial charge in [-0.2, -0.15) is 0 Å². The summed E-state index contributed by atoms with van der Waals surface area (Å²) in [5, 5.41) is 2.83. The van der Waals surface area contributed by atoms with Crippen molar-refractivity contribution >= 4 is 34.5 Å². The molecule has 2 aromatic heterocycles. The number of aromatic nitrogens is 2. The number of nitrogens with zero attached hydrogens (tertiary/aromatic N) is 2. The first-order valence-corrected chi connectivity index (χ1v) is 13.2. The Labute approximate surface area is 232 Å². The van der Waals surface area contributed by atoms with Gasteiger partial charge >= 0.3 is 11.9 Å². The molecule has 0 fully saturated rings. The van der Waals surface area contributed by atoms with Crippen molar-refractivity contribution in [2.45, 2.75) is 64.7 Å². The lowest BCUT2D eigenvalue weighted by atomic mass is 9.85. The number of nitrogens with one attached hydrogen (secondary N) is 1. The highest BCUT2D eigenvalue weighted by Gasteiger charge is 2.44. The molecule has 4 heterocycles. The van der Waals surface area contributed by atoms with Crippen LogP contribution >= 0.6 is 0 Å². The average Bonchev–Trinajstić information content (AvgIpc) is 3.20. The van der Waals surface area contributed by atoms with Gasteiger partial charge in [0.15, 0.2) is 11.6 Å². The number of hydrogen-bond donors (Lipinski definition) is 1. The summed E-state index contributed by atoms with van der Waals surface area (Å²) in [4.78, 5) is 66.9. The summed E-state index contributed by atoms with van der Waals surface area (Å²) in [6, 6.07) is 5.29. The van der Waals surface area contributed by atoms with Crippen LogP contribution in [0.5, 0.6) is 0 Å². The van der Waals surface area contributed by atoms with Crippen molar-refractivity contribution < 1.29 is 37.4 Å². The molecule has 0 bridgehead atoms. The number of ether oxygens (including phenoxy) is 2. The Morgan fingerprint density at radius 1 is 1.12 bits per heavy atom. The quantitative estimate of drug-likeness (QED) is 0.321. The molecule has 0 spiro atoms. The van der Waals surface area contributed by atoms with Crippen molar-refractivity contribution in [3.63, 3.8) is 0 Å².